The van der Waals surface area contributed by atoms with Crippen molar-refractivity contribution >= 4 is 15.9 Å². The molecule has 0 amide bonds. The summed E-state index contributed by atoms with van der Waals surface area (Å²) in [4.78, 5) is 0. The Balaban J connectivity index is 2.25. The van der Waals surface area contributed by atoms with E-state index in [2.05, 4.69) is 66.2 Å². The van der Waals surface area contributed by atoms with E-state index < -0.39 is 0 Å². The fourth-order valence-corrected chi connectivity index (χ4v) is 2.82. The van der Waals surface area contributed by atoms with Gasteiger partial charge in [0.15, 0.2) is 0 Å². The van der Waals surface area contributed by atoms with Gasteiger partial charge in [0.25, 0.3) is 0 Å². The minimum atomic E-state index is -0.0521. The maximum Gasteiger partial charge on any atom is 0.0554 e. The number of aryl methyl sites for hydroxylation is 2. The van der Waals surface area contributed by atoms with E-state index in [-0.39, 0.29) is 6.04 Å². The molecule has 0 saturated carbocycles. The van der Waals surface area contributed by atoms with Gasteiger partial charge in [-0.3, -0.25) is 0 Å². The van der Waals surface area contributed by atoms with Gasteiger partial charge in [-0.2, -0.15) is 0 Å². The van der Waals surface area contributed by atoms with Crippen molar-refractivity contribution in [3.63, 3.8) is 0 Å². The molecule has 1 unspecified atom stereocenters. The highest BCUT2D eigenvalue weighted by molar-refractivity contribution is 9.10. The third-order valence-corrected chi connectivity index (χ3v) is 3.94. The van der Waals surface area contributed by atoms with Crippen LogP contribution in [0.3, 0.4) is 0 Å². The first kappa shape index (κ1) is 14.3. The van der Waals surface area contributed by atoms with E-state index in [9.17, 15) is 0 Å². The van der Waals surface area contributed by atoms with Crippen LogP contribution in [0.25, 0.3) is 0 Å². The van der Waals surface area contributed by atoms with Crippen molar-refractivity contribution in [2.75, 3.05) is 0 Å². The Morgan fingerprint density at radius 2 is 1.79 bits per heavy atom. The van der Waals surface area contributed by atoms with Gasteiger partial charge < -0.3 is 5.73 Å². The molecular formula is C17H20BrN. The summed E-state index contributed by atoms with van der Waals surface area (Å²) >= 11 is 3.49. The molecule has 2 rings (SSSR count). The van der Waals surface area contributed by atoms with Crippen LogP contribution >= 0.6 is 15.9 Å². The molecule has 2 aromatic rings. The van der Waals surface area contributed by atoms with Crippen LogP contribution in [0.5, 0.6) is 0 Å². The lowest BCUT2D eigenvalue weighted by Gasteiger charge is -2.16. The lowest BCUT2D eigenvalue weighted by atomic mass is 9.95. The van der Waals surface area contributed by atoms with E-state index in [4.69, 9.17) is 5.73 Å². The minimum absolute atomic E-state index is 0.0521. The molecular weight excluding hydrogens is 298 g/mol. The molecule has 2 aromatic carbocycles. The van der Waals surface area contributed by atoms with Crippen LogP contribution < -0.4 is 5.73 Å². The number of hydrogen-bond donors (Lipinski definition) is 1. The monoisotopic (exact) mass is 317 g/mol. The number of nitrogens with two attached hydrogens (primary N) is 1. The standard InChI is InChI=1S/C17H20BrN/c1-3-4-13-5-7-14(8-6-13)17(19)16-10-9-15(18)11-12(16)2/h5-11,17H,3-4,19H2,1-2H3. The van der Waals surface area contributed by atoms with Crippen LogP contribution in [0.1, 0.15) is 41.6 Å². The van der Waals surface area contributed by atoms with E-state index in [1.165, 1.54) is 28.7 Å². The minimum Gasteiger partial charge on any atom is -0.320 e. The average molecular weight is 318 g/mol. The molecule has 19 heavy (non-hydrogen) atoms. The Bertz CT molecular complexity index is 546. The normalized spacial score (nSPS) is 12.4. The Morgan fingerprint density at radius 1 is 1.11 bits per heavy atom. The van der Waals surface area contributed by atoms with Crippen molar-refractivity contribution in [2.45, 2.75) is 32.7 Å². The van der Waals surface area contributed by atoms with Gasteiger partial charge in [0.05, 0.1) is 6.04 Å². The molecule has 0 aliphatic carbocycles. The number of hydrogen-bond acceptors (Lipinski definition) is 1. The van der Waals surface area contributed by atoms with Gasteiger partial charge in [-0.15, -0.1) is 0 Å². The molecule has 2 N–H and O–H groups in total. The highest BCUT2D eigenvalue weighted by Crippen LogP contribution is 2.25. The molecule has 0 heterocycles. The smallest absolute Gasteiger partial charge is 0.0554 e. The van der Waals surface area contributed by atoms with E-state index in [1.807, 2.05) is 6.07 Å². The van der Waals surface area contributed by atoms with Crippen LogP contribution in [0, 0.1) is 6.92 Å². The summed E-state index contributed by atoms with van der Waals surface area (Å²) in [5.41, 5.74) is 11.3. The predicted molar refractivity (Wildman–Crippen MR) is 85.3 cm³/mol. The maximum atomic E-state index is 6.38. The Kier molecular flexibility index (Phi) is 4.78. The molecule has 0 aliphatic heterocycles. The van der Waals surface area contributed by atoms with Crippen LogP contribution in [0.2, 0.25) is 0 Å². The van der Waals surface area contributed by atoms with Crippen LogP contribution in [0.4, 0.5) is 0 Å². The zero-order valence-electron chi connectivity index (χ0n) is 11.5. The Hall–Kier alpha value is -1.12. The van der Waals surface area contributed by atoms with E-state index >= 15 is 0 Å². The van der Waals surface area contributed by atoms with Crippen molar-refractivity contribution in [1.29, 1.82) is 0 Å². The third-order valence-electron chi connectivity index (χ3n) is 3.44. The van der Waals surface area contributed by atoms with Crippen LogP contribution in [-0.2, 0) is 6.42 Å². The summed E-state index contributed by atoms with van der Waals surface area (Å²) in [6.45, 7) is 4.30. The summed E-state index contributed by atoms with van der Waals surface area (Å²) in [7, 11) is 0. The van der Waals surface area contributed by atoms with E-state index in [0.717, 1.165) is 10.9 Å². The zero-order chi connectivity index (χ0) is 13.8. The van der Waals surface area contributed by atoms with Crippen molar-refractivity contribution in [2.24, 2.45) is 5.73 Å². The molecule has 0 aromatic heterocycles. The van der Waals surface area contributed by atoms with Gasteiger partial charge in [-0.1, -0.05) is 59.6 Å². The molecule has 0 saturated heterocycles. The Morgan fingerprint density at radius 3 is 2.37 bits per heavy atom. The molecule has 1 nitrogen and oxygen atoms in total. The quantitative estimate of drug-likeness (QED) is 0.864. The van der Waals surface area contributed by atoms with Crippen LogP contribution in [0.15, 0.2) is 46.9 Å². The largest absolute Gasteiger partial charge is 0.320 e. The zero-order valence-corrected chi connectivity index (χ0v) is 13.1. The first-order chi connectivity index (χ1) is 9.11. The highest BCUT2D eigenvalue weighted by atomic mass is 79.9. The van der Waals surface area contributed by atoms with Gasteiger partial charge in [0.2, 0.25) is 0 Å². The highest BCUT2D eigenvalue weighted by Gasteiger charge is 2.11. The summed E-state index contributed by atoms with van der Waals surface area (Å²) in [5, 5.41) is 0. The van der Waals surface area contributed by atoms with Crippen molar-refractivity contribution in [3.8, 4) is 0 Å². The molecule has 0 bridgehead atoms. The van der Waals surface area contributed by atoms with Gasteiger partial charge in [0.1, 0.15) is 0 Å². The van der Waals surface area contributed by atoms with Gasteiger partial charge in [-0.25, -0.2) is 0 Å². The second-order valence-corrected chi connectivity index (χ2v) is 5.89. The predicted octanol–water partition coefficient (Wildman–Crippen LogP) is 4.76. The molecule has 0 radical (unpaired) electrons. The number of rotatable bonds is 4. The molecule has 100 valence electrons. The van der Waals surface area contributed by atoms with E-state index in [0.29, 0.717) is 0 Å². The second-order valence-electron chi connectivity index (χ2n) is 4.97. The average Bonchev–Trinajstić information content (AvgIpc) is 2.39. The lowest BCUT2D eigenvalue weighted by Crippen LogP contribution is -2.13. The Labute approximate surface area is 124 Å². The fourth-order valence-electron chi connectivity index (χ4n) is 2.35. The van der Waals surface area contributed by atoms with Gasteiger partial charge >= 0.3 is 0 Å². The lowest BCUT2D eigenvalue weighted by molar-refractivity contribution is 0.856. The van der Waals surface area contributed by atoms with Crippen LogP contribution in [-0.4, -0.2) is 0 Å². The molecule has 0 fully saturated rings. The fraction of sp³-hybridized carbons (Fsp3) is 0.294. The molecule has 0 aliphatic rings. The van der Waals surface area contributed by atoms with Crippen molar-refractivity contribution < 1.29 is 0 Å². The SMILES string of the molecule is CCCc1ccc(C(N)c2ccc(Br)cc2C)cc1. The number of halogens is 1. The van der Waals surface area contributed by atoms with Gasteiger partial charge in [0, 0.05) is 4.47 Å². The molecule has 2 heteroatoms. The molecule has 0 spiro atoms. The van der Waals surface area contributed by atoms with Crippen molar-refractivity contribution in [3.05, 3.63) is 69.2 Å². The summed E-state index contributed by atoms with van der Waals surface area (Å²) in [6, 6.07) is 14.9. The number of benzene rings is 2. The second kappa shape index (κ2) is 6.36. The van der Waals surface area contributed by atoms with E-state index in [1.54, 1.807) is 0 Å². The first-order valence-electron chi connectivity index (χ1n) is 6.72. The summed E-state index contributed by atoms with van der Waals surface area (Å²) in [5.74, 6) is 0. The molecule has 1 atom stereocenters. The van der Waals surface area contributed by atoms with Crippen molar-refractivity contribution in [1.82, 2.24) is 0 Å². The summed E-state index contributed by atoms with van der Waals surface area (Å²) < 4.78 is 1.10. The summed E-state index contributed by atoms with van der Waals surface area (Å²) in [6.07, 6.45) is 2.31. The first-order valence-corrected chi connectivity index (χ1v) is 7.51. The third kappa shape index (κ3) is 3.46. The topological polar surface area (TPSA) is 26.0 Å². The maximum absolute atomic E-state index is 6.38. The van der Waals surface area contributed by atoms with Gasteiger partial charge in [-0.05, 0) is 47.7 Å².